The quantitative estimate of drug-likeness (QED) is 0.849. The predicted molar refractivity (Wildman–Crippen MR) is 89.2 cm³/mol. The largest absolute Gasteiger partial charge is 0.378 e. The fourth-order valence-corrected chi connectivity index (χ4v) is 3.99. The van der Waals surface area contributed by atoms with Gasteiger partial charge in [-0.1, -0.05) is 19.0 Å². The molecule has 0 bridgehead atoms. The lowest BCUT2D eigenvalue weighted by Gasteiger charge is -2.48. The highest BCUT2D eigenvalue weighted by molar-refractivity contribution is 5.96. The number of hydrogen-bond acceptors (Lipinski definition) is 5. The Kier molecular flexibility index (Phi) is 4.97. The second-order valence-corrected chi connectivity index (χ2v) is 7.23. The van der Waals surface area contributed by atoms with Crippen LogP contribution >= 0.6 is 0 Å². The van der Waals surface area contributed by atoms with Crippen molar-refractivity contribution in [2.75, 3.05) is 26.8 Å². The van der Waals surface area contributed by atoms with Crippen molar-refractivity contribution in [1.82, 2.24) is 10.1 Å². The number of likely N-dealkylation sites (tertiary alicyclic amines) is 1. The summed E-state index contributed by atoms with van der Waals surface area (Å²) in [6, 6.07) is 0. The van der Waals surface area contributed by atoms with E-state index in [1.165, 1.54) is 0 Å². The third-order valence-corrected chi connectivity index (χ3v) is 5.42. The van der Waals surface area contributed by atoms with Crippen LogP contribution in [0.1, 0.15) is 67.3 Å². The molecule has 1 aromatic rings. The Labute approximate surface area is 143 Å². The van der Waals surface area contributed by atoms with Crippen molar-refractivity contribution in [3.05, 3.63) is 17.0 Å². The average Bonchev–Trinajstić information content (AvgIpc) is 2.97. The van der Waals surface area contributed by atoms with E-state index in [4.69, 9.17) is 14.0 Å². The van der Waals surface area contributed by atoms with E-state index in [-0.39, 0.29) is 23.5 Å². The number of aromatic nitrogens is 1. The smallest absolute Gasteiger partial charge is 0.259 e. The standard InChI is InChI=1S/C18H28N2O4/c1-12(2)16-15(13(3)24-19-16)17(21)20-9-7-18(8-10-20)14(22-4)6-5-11-23-18/h12,14H,5-11H2,1-4H3. The number of carbonyl (C=O) groups excluding carboxylic acids is 1. The number of methoxy groups -OCH3 is 1. The lowest BCUT2D eigenvalue weighted by molar-refractivity contribution is -0.183. The van der Waals surface area contributed by atoms with Crippen LogP contribution in [0.25, 0.3) is 0 Å². The van der Waals surface area contributed by atoms with Gasteiger partial charge < -0.3 is 18.9 Å². The SMILES string of the molecule is COC1CCCOC12CCN(C(=O)c1c(C(C)C)noc1C)CC2. The molecule has 1 amide bonds. The van der Waals surface area contributed by atoms with Gasteiger partial charge in [0, 0.05) is 26.8 Å². The Morgan fingerprint density at radius 3 is 2.71 bits per heavy atom. The molecule has 6 nitrogen and oxygen atoms in total. The molecule has 2 saturated heterocycles. The van der Waals surface area contributed by atoms with E-state index in [0.29, 0.717) is 24.4 Å². The molecule has 24 heavy (non-hydrogen) atoms. The van der Waals surface area contributed by atoms with Crippen LogP contribution in [-0.4, -0.2) is 54.5 Å². The maximum atomic E-state index is 13.0. The molecule has 0 radical (unpaired) electrons. The molecule has 1 aromatic heterocycles. The first-order valence-corrected chi connectivity index (χ1v) is 8.90. The van der Waals surface area contributed by atoms with Gasteiger partial charge >= 0.3 is 0 Å². The van der Waals surface area contributed by atoms with Crippen molar-refractivity contribution < 1.29 is 18.8 Å². The molecule has 0 saturated carbocycles. The summed E-state index contributed by atoms with van der Waals surface area (Å²) in [6.07, 6.45) is 3.84. The molecular formula is C18H28N2O4. The molecule has 2 fully saturated rings. The van der Waals surface area contributed by atoms with Gasteiger partial charge in [-0.3, -0.25) is 4.79 Å². The highest BCUT2D eigenvalue weighted by Crippen LogP contribution is 2.37. The van der Waals surface area contributed by atoms with E-state index in [0.717, 1.165) is 38.0 Å². The van der Waals surface area contributed by atoms with Crippen LogP contribution in [0.3, 0.4) is 0 Å². The fraction of sp³-hybridized carbons (Fsp3) is 0.778. The van der Waals surface area contributed by atoms with E-state index in [1.54, 1.807) is 7.11 Å². The van der Waals surface area contributed by atoms with Gasteiger partial charge in [0.25, 0.3) is 5.91 Å². The zero-order chi connectivity index (χ0) is 17.3. The molecule has 0 aromatic carbocycles. The predicted octanol–water partition coefficient (Wildman–Crippen LogP) is 2.91. The van der Waals surface area contributed by atoms with Crippen LogP contribution in [0.2, 0.25) is 0 Å². The van der Waals surface area contributed by atoms with Crippen LogP contribution in [0.15, 0.2) is 4.52 Å². The van der Waals surface area contributed by atoms with Gasteiger partial charge in [0.05, 0.1) is 17.4 Å². The van der Waals surface area contributed by atoms with Crippen molar-refractivity contribution in [3.63, 3.8) is 0 Å². The third kappa shape index (κ3) is 2.97. The Morgan fingerprint density at radius 2 is 2.08 bits per heavy atom. The summed E-state index contributed by atoms with van der Waals surface area (Å²) in [5.41, 5.74) is 1.16. The first-order chi connectivity index (χ1) is 11.5. The normalized spacial score (nSPS) is 23.9. The molecule has 1 atom stereocenters. The topological polar surface area (TPSA) is 64.8 Å². The van der Waals surface area contributed by atoms with Gasteiger partial charge in [-0.05, 0) is 38.5 Å². The summed E-state index contributed by atoms with van der Waals surface area (Å²) in [5, 5.41) is 4.07. The Hall–Kier alpha value is -1.40. The number of hydrogen-bond donors (Lipinski definition) is 0. The molecule has 3 rings (SSSR count). The summed E-state index contributed by atoms with van der Waals surface area (Å²) >= 11 is 0. The summed E-state index contributed by atoms with van der Waals surface area (Å²) in [4.78, 5) is 14.9. The summed E-state index contributed by atoms with van der Waals surface area (Å²) in [5.74, 6) is 0.793. The van der Waals surface area contributed by atoms with E-state index in [9.17, 15) is 4.79 Å². The Balaban J connectivity index is 1.73. The fourth-order valence-electron chi connectivity index (χ4n) is 3.99. The summed E-state index contributed by atoms with van der Waals surface area (Å²) in [7, 11) is 1.76. The number of ether oxygens (including phenoxy) is 2. The van der Waals surface area contributed by atoms with E-state index in [2.05, 4.69) is 5.16 Å². The maximum Gasteiger partial charge on any atom is 0.259 e. The van der Waals surface area contributed by atoms with Crippen molar-refractivity contribution in [3.8, 4) is 0 Å². The van der Waals surface area contributed by atoms with Crippen LogP contribution in [0.5, 0.6) is 0 Å². The Morgan fingerprint density at radius 1 is 1.38 bits per heavy atom. The molecule has 0 N–H and O–H groups in total. The second-order valence-electron chi connectivity index (χ2n) is 7.23. The van der Waals surface area contributed by atoms with Crippen molar-refractivity contribution in [1.29, 1.82) is 0 Å². The van der Waals surface area contributed by atoms with Crippen LogP contribution < -0.4 is 0 Å². The van der Waals surface area contributed by atoms with Crippen LogP contribution in [0, 0.1) is 6.92 Å². The molecule has 0 aliphatic carbocycles. The van der Waals surface area contributed by atoms with Gasteiger partial charge in [-0.25, -0.2) is 0 Å². The van der Waals surface area contributed by atoms with Crippen LogP contribution in [0.4, 0.5) is 0 Å². The molecule has 1 spiro atoms. The molecule has 2 aliphatic heterocycles. The van der Waals surface area contributed by atoms with Crippen LogP contribution in [-0.2, 0) is 9.47 Å². The van der Waals surface area contributed by atoms with Gasteiger partial charge in [-0.15, -0.1) is 0 Å². The number of aryl methyl sites for hydroxylation is 1. The highest BCUT2D eigenvalue weighted by Gasteiger charge is 2.45. The zero-order valence-corrected chi connectivity index (χ0v) is 15.1. The minimum absolute atomic E-state index is 0.0251. The van der Waals surface area contributed by atoms with Gasteiger partial charge in [-0.2, -0.15) is 0 Å². The molecule has 2 aliphatic rings. The lowest BCUT2D eigenvalue weighted by atomic mass is 9.81. The number of piperidine rings is 1. The lowest BCUT2D eigenvalue weighted by Crippen LogP contribution is -2.56. The molecule has 134 valence electrons. The van der Waals surface area contributed by atoms with Crippen molar-refractivity contribution in [2.24, 2.45) is 0 Å². The number of rotatable bonds is 3. The van der Waals surface area contributed by atoms with Gasteiger partial charge in [0.2, 0.25) is 0 Å². The van der Waals surface area contributed by atoms with Crippen molar-refractivity contribution >= 4 is 5.91 Å². The van der Waals surface area contributed by atoms with E-state index in [1.807, 2.05) is 25.7 Å². The molecule has 3 heterocycles. The number of nitrogens with zero attached hydrogens (tertiary/aromatic N) is 2. The summed E-state index contributed by atoms with van der Waals surface area (Å²) in [6.45, 7) is 8.01. The second kappa shape index (κ2) is 6.84. The average molecular weight is 336 g/mol. The number of carbonyl (C=O) groups is 1. The number of amides is 1. The first-order valence-electron chi connectivity index (χ1n) is 8.90. The van der Waals surface area contributed by atoms with E-state index >= 15 is 0 Å². The highest BCUT2D eigenvalue weighted by atomic mass is 16.5. The van der Waals surface area contributed by atoms with Crippen molar-refractivity contribution in [2.45, 2.75) is 64.1 Å². The molecular weight excluding hydrogens is 308 g/mol. The minimum atomic E-state index is -0.228. The van der Waals surface area contributed by atoms with Gasteiger partial charge in [0.15, 0.2) is 0 Å². The molecule has 6 heteroatoms. The zero-order valence-electron chi connectivity index (χ0n) is 15.1. The Bertz CT molecular complexity index is 588. The van der Waals surface area contributed by atoms with E-state index < -0.39 is 0 Å². The summed E-state index contributed by atoms with van der Waals surface area (Å²) < 4.78 is 17.1. The first kappa shape index (κ1) is 17.4. The minimum Gasteiger partial charge on any atom is -0.378 e. The molecule has 1 unspecified atom stereocenters. The van der Waals surface area contributed by atoms with Gasteiger partial charge in [0.1, 0.15) is 11.3 Å². The monoisotopic (exact) mass is 336 g/mol. The maximum absolute atomic E-state index is 13.0. The third-order valence-electron chi connectivity index (χ3n) is 5.42.